The molecule has 5 nitrogen and oxygen atoms in total. The molecule has 0 saturated carbocycles. The smallest absolute Gasteiger partial charge is 0.232 e. The molecule has 0 fully saturated rings. The molecule has 0 aliphatic carbocycles. The molecule has 0 atom stereocenters. The highest BCUT2D eigenvalue weighted by Gasteiger charge is 2.15. The molecule has 1 amide bonds. The number of rotatable bonds is 1. The van der Waals surface area contributed by atoms with E-state index in [1.54, 1.807) is 12.3 Å². The highest BCUT2D eigenvalue weighted by atomic mass is 16.1. The van der Waals surface area contributed by atoms with E-state index in [-0.39, 0.29) is 11.7 Å². The van der Waals surface area contributed by atoms with E-state index < -0.39 is 0 Å². The average Bonchev–Trinajstić information content (AvgIpc) is 2.46. The van der Waals surface area contributed by atoms with Gasteiger partial charge in [0.25, 0.3) is 0 Å². The number of nitrogens with zero attached hydrogens (tertiary/aromatic N) is 3. The molecule has 3 rings (SSSR count). The maximum Gasteiger partial charge on any atom is 0.232 e. The Bertz CT molecular complexity index is 703. The Morgan fingerprint density at radius 3 is 3.00 bits per heavy atom. The van der Waals surface area contributed by atoms with Gasteiger partial charge in [-0.1, -0.05) is 6.07 Å². The van der Waals surface area contributed by atoms with Crippen molar-refractivity contribution in [2.45, 2.75) is 12.8 Å². The lowest BCUT2D eigenvalue weighted by Crippen LogP contribution is -2.18. The van der Waals surface area contributed by atoms with Gasteiger partial charge in [0.15, 0.2) is 0 Å². The van der Waals surface area contributed by atoms with Crippen LogP contribution < -0.4 is 5.32 Å². The molecule has 92 valence electrons. The van der Waals surface area contributed by atoms with E-state index in [0.717, 1.165) is 23.2 Å². The van der Waals surface area contributed by atoms with Crippen LogP contribution in [0.3, 0.4) is 0 Å². The van der Waals surface area contributed by atoms with E-state index in [2.05, 4.69) is 15.3 Å². The molecule has 19 heavy (non-hydrogen) atoms. The van der Waals surface area contributed by atoms with Crippen molar-refractivity contribution in [1.29, 1.82) is 5.26 Å². The number of carbonyl (C=O) groups is 1. The van der Waals surface area contributed by atoms with Crippen molar-refractivity contribution in [3.05, 3.63) is 41.9 Å². The van der Waals surface area contributed by atoms with Crippen LogP contribution in [0, 0.1) is 11.3 Å². The number of amides is 1. The Hall–Kier alpha value is -2.74. The molecule has 1 aromatic carbocycles. The molecule has 0 bridgehead atoms. The summed E-state index contributed by atoms with van der Waals surface area (Å²) in [6.45, 7) is 0. The number of carbonyl (C=O) groups excluding carboxylic acids is 1. The van der Waals surface area contributed by atoms with Crippen molar-refractivity contribution in [3.63, 3.8) is 0 Å². The van der Waals surface area contributed by atoms with E-state index in [1.165, 1.54) is 0 Å². The molecular weight excluding hydrogens is 240 g/mol. The Morgan fingerprint density at radius 2 is 2.16 bits per heavy atom. The van der Waals surface area contributed by atoms with E-state index in [1.807, 2.05) is 24.3 Å². The summed E-state index contributed by atoms with van der Waals surface area (Å²) in [4.78, 5) is 19.3. The fourth-order valence-electron chi connectivity index (χ4n) is 2.12. The van der Waals surface area contributed by atoms with Gasteiger partial charge >= 0.3 is 0 Å². The molecule has 1 N–H and O–H groups in total. The summed E-state index contributed by atoms with van der Waals surface area (Å²) < 4.78 is 0. The van der Waals surface area contributed by atoms with Gasteiger partial charge in [0.1, 0.15) is 6.07 Å². The minimum absolute atomic E-state index is 0.0500. The first-order chi connectivity index (χ1) is 9.26. The molecule has 5 heteroatoms. The standard InChI is InChI=1S/C14H10N4O/c15-8-13-16-6-5-12(17-13)9-1-3-11-10(7-9)2-4-14(19)18-11/h1,3,5-7H,2,4H2,(H,18,19). The van der Waals surface area contributed by atoms with Gasteiger partial charge in [-0.25, -0.2) is 9.97 Å². The molecule has 1 aliphatic rings. The summed E-state index contributed by atoms with van der Waals surface area (Å²) in [6.07, 6.45) is 2.80. The number of aromatic nitrogens is 2. The largest absolute Gasteiger partial charge is 0.326 e. The van der Waals surface area contributed by atoms with Gasteiger partial charge in [-0.05, 0) is 30.2 Å². The van der Waals surface area contributed by atoms with Gasteiger partial charge in [0.2, 0.25) is 11.7 Å². The number of benzene rings is 1. The molecule has 2 aromatic rings. The van der Waals surface area contributed by atoms with E-state index in [0.29, 0.717) is 12.1 Å². The van der Waals surface area contributed by atoms with Crippen LogP contribution in [0.1, 0.15) is 17.8 Å². The predicted molar refractivity (Wildman–Crippen MR) is 69.1 cm³/mol. The third kappa shape index (κ3) is 2.16. The van der Waals surface area contributed by atoms with Crippen LogP contribution in [0.2, 0.25) is 0 Å². The van der Waals surface area contributed by atoms with Crippen LogP contribution in [0.4, 0.5) is 5.69 Å². The third-order valence-corrected chi connectivity index (χ3v) is 3.05. The lowest BCUT2D eigenvalue weighted by Gasteiger charge is -2.17. The number of hydrogen-bond acceptors (Lipinski definition) is 4. The number of fused-ring (bicyclic) bond motifs is 1. The third-order valence-electron chi connectivity index (χ3n) is 3.05. The van der Waals surface area contributed by atoms with Gasteiger partial charge in [-0.15, -0.1) is 0 Å². The van der Waals surface area contributed by atoms with Crippen LogP contribution in [0.25, 0.3) is 11.3 Å². The Morgan fingerprint density at radius 1 is 1.26 bits per heavy atom. The first kappa shape index (κ1) is 11.4. The topological polar surface area (TPSA) is 78.7 Å². The highest BCUT2D eigenvalue weighted by molar-refractivity contribution is 5.94. The Kier molecular flexibility index (Phi) is 2.69. The molecule has 0 spiro atoms. The minimum atomic E-state index is 0.0500. The normalized spacial score (nSPS) is 13.3. The summed E-state index contributed by atoms with van der Waals surface area (Å²) in [5.74, 6) is 0.206. The van der Waals surface area contributed by atoms with Gasteiger partial charge in [-0.2, -0.15) is 5.26 Å². The second-order valence-electron chi connectivity index (χ2n) is 4.30. The first-order valence-corrected chi connectivity index (χ1v) is 5.92. The molecule has 0 unspecified atom stereocenters. The van der Waals surface area contributed by atoms with Crippen LogP contribution in [-0.2, 0) is 11.2 Å². The lowest BCUT2D eigenvalue weighted by molar-refractivity contribution is -0.116. The summed E-state index contributed by atoms with van der Waals surface area (Å²) in [5.41, 5.74) is 3.59. The van der Waals surface area contributed by atoms with Crippen molar-refractivity contribution in [1.82, 2.24) is 9.97 Å². The molecule has 1 aromatic heterocycles. The lowest BCUT2D eigenvalue weighted by atomic mass is 9.99. The molecular formula is C14H10N4O. The zero-order chi connectivity index (χ0) is 13.2. The Labute approximate surface area is 109 Å². The second kappa shape index (κ2) is 4.50. The molecule has 2 heterocycles. The van der Waals surface area contributed by atoms with Gasteiger partial charge in [-0.3, -0.25) is 4.79 Å². The van der Waals surface area contributed by atoms with Gasteiger partial charge < -0.3 is 5.32 Å². The first-order valence-electron chi connectivity index (χ1n) is 5.92. The minimum Gasteiger partial charge on any atom is -0.326 e. The monoisotopic (exact) mass is 250 g/mol. The van der Waals surface area contributed by atoms with Crippen LogP contribution in [-0.4, -0.2) is 15.9 Å². The van der Waals surface area contributed by atoms with Crippen LogP contribution in [0.15, 0.2) is 30.5 Å². The number of hydrogen-bond donors (Lipinski definition) is 1. The van der Waals surface area contributed by atoms with Crippen molar-refractivity contribution in [3.8, 4) is 17.3 Å². The molecule has 0 radical (unpaired) electrons. The number of nitrogens with one attached hydrogen (secondary N) is 1. The van der Waals surface area contributed by atoms with Crippen molar-refractivity contribution >= 4 is 11.6 Å². The summed E-state index contributed by atoms with van der Waals surface area (Å²) in [6, 6.07) is 9.45. The van der Waals surface area contributed by atoms with Crippen molar-refractivity contribution in [2.24, 2.45) is 0 Å². The Balaban J connectivity index is 2.02. The number of anilines is 1. The SMILES string of the molecule is N#Cc1nccc(-c2ccc3c(c2)CCC(=O)N3)n1. The zero-order valence-electron chi connectivity index (χ0n) is 10.1. The quantitative estimate of drug-likeness (QED) is 0.838. The summed E-state index contributed by atoms with van der Waals surface area (Å²) in [5, 5.41) is 11.6. The fraction of sp³-hybridized carbons (Fsp3) is 0.143. The number of nitriles is 1. The molecule has 0 saturated heterocycles. The van der Waals surface area contributed by atoms with Gasteiger partial charge in [0.05, 0.1) is 5.69 Å². The van der Waals surface area contributed by atoms with Gasteiger partial charge in [0, 0.05) is 23.9 Å². The van der Waals surface area contributed by atoms with E-state index in [4.69, 9.17) is 5.26 Å². The van der Waals surface area contributed by atoms with Crippen molar-refractivity contribution < 1.29 is 4.79 Å². The van der Waals surface area contributed by atoms with Crippen LogP contribution in [0.5, 0.6) is 0 Å². The summed E-state index contributed by atoms with van der Waals surface area (Å²) in [7, 11) is 0. The summed E-state index contributed by atoms with van der Waals surface area (Å²) >= 11 is 0. The zero-order valence-corrected chi connectivity index (χ0v) is 10.1. The number of aryl methyl sites for hydroxylation is 1. The second-order valence-corrected chi connectivity index (χ2v) is 4.30. The maximum atomic E-state index is 11.3. The highest BCUT2D eigenvalue weighted by Crippen LogP contribution is 2.27. The van der Waals surface area contributed by atoms with Crippen molar-refractivity contribution in [2.75, 3.05) is 5.32 Å². The average molecular weight is 250 g/mol. The molecule has 1 aliphatic heterocycles. The van der Waals surface area contributed by atoms with Crippen LogP contribution >= 0.6 is 0 Å². The fourth-order valence-corrected chi connectivity index (χ4v) is 2.12. The maximum absolute atomic E-state index is 11.3. The van der Waals surface area contributed by atoms with E-state index in [9.17, 15) is 4.79 Å². The predicted octanol–water partition coefficient (Wildman–Crippen LogP) is 1.90. The van der Waals surface area contributed by atoms with E-state index >= 15 is 0 Å².